The molecule has 4 heteroatoms. The molecule has 1 aliphatic carbocycles. The van der Waals surface area contributed by atoms with Crippen molar-refractivity contribution < 1.29 is 0 Å². The second kappa shape index (κ2) is 5.32. The summed E-state index contributed by atoms with van der Waals surface area (Å²) in [7, 11) is 0. The third-order valence-electron chi connectivity index (χ3n) is 2.22. The highest BCUT2D eigenvalue weighted by molar-refractivity contribution is 5.85. The first-order chi connectivity index (χ1) is 5.75. The van der Waals surface area contributed by atoms with Crippen LogP contribution in [-0.4, -0.2) is 6.04 Å². The molecule has 0 heterocycles. The van der Waals surface area contributed by atoms with Crippen LogP contribution >= 0.6 is 24.8 Å². The van der Waals surface area contributed by atoms with Gasteiger partial charge in [-0.1, -0.05) is 0 Å². The van der Waals surface area contributed by atoms with Gasteiger partial charge in [-0.3, -0.25) is 0 Å². The molecule has 0 amide bonds. The molecule has 0 unspecified atom stereocenters. The van der Waals surface area contributed by atoms with E-state index < -0.39 is 0 Å². The van der Waals surface area contributed by atoms with Crippen molar-refractivity contribution in [2.45, 2.75) is 25.8 Å². The van der Waals surface area contributed by atoms with Crippen molar-refractivity contribution >= 4 is 36.2 Å². The van der Waals surface area contributed by atoms with Gasteiger partial charge in [0.25, 0.3) is 0 Å². The Hall–Kier alpha value is -0.600. The van der Waals surface area contributed by atoms with Gasteiger partial charge in [0.1, 0.15) is 0 Å². The Kier molecular flexibility index (Phi) is 5.09. The van der Waals surface area contributed by atoms with Crippen LogP contribution in [0.1, 0.15) is 18.4 Å². The zero-order valence-corrected chi connectivity index (χ0v) is 9.75. The molecule has 1 aromatic rings. The van der Waals surface area contributed by atoms with E-state index in [1.165, 1.54) is 18.5 Å². The number of nitrogen functional groups attached to an aromatic ring is 1. The van der Waals surface area contributed by atoms with Crippen molar-refractivity contribution in [2.75, 3.05) is 11.1 Å². The summed E-state index contributed by atoms with van der Waals surface area (Å²) in [5, 5.41) is 3.43. The zero-order chi connectivity index (χ0) is 8.55. The van der Waals surface area contributed by atoms with E-state index in [9.17, 15) is 0 Å². The first-order valence-corrected chi connectivity index (χ1v) is 4.38. The third-order valence-corrected chi connectivity index (χ3v) is 2.22. The standard InChI is InChI=1S/C10H14N2.2ClH/c1-7-6-9(4-5-10(7)11)12-8-2-3-8;;/h4-6,8,12H,2-3,11H2,1H3;2*1H. The molecule has 0 saturated heterocycles. The molecule has 1 saturated carbocycles. The Morgan fingerprint density at radius 2 is 1.93 bits per heavy atom. The molecule has 2 nitrogen and oxygen atoms in total. The predicted molar refractivity (Wildman–Crippen MR) is 66.7 cm³/mol. The summed E-state index contributed by atoms with van der Waals surface area (Å²) in [6.45, 7) is 2.04. The summed E-state index contributed by atoms with van der Waals surface area (Å²) in [6, 6.07) is 6.82. The number of halogens is 2. The maximum Gasteiger partial charge on any atom is 0.0346 e. The van der Waals surface area contributed by atoms with Gasteiger partial charge in [0, 0.05) is 17.4 Å². The fourth-order valence-corrected chi connectivity index (χ4v) is 1.23. The van der Waals surface area contributed by atoms with E-state index in [1.807, 2.05) is 19.1 Å². The van der Waals surface area contributed by atoms with Crippen LogP contribution < -0.4 is 11.1 Å². The van der Waals surface area contributed by atoms with E-state index in [0.29, 0.717) is 6.04 Å². The summed E-state index contributed by atoms with van der Waals surface area (Å²) in [4.78, 5) is 0. The lowest BCUT2D eigenvalue weighted by molar-refractivity contribution is 1.15. The van der Waals surface area contributed by atoms with E-state index in [-0.39, 0.29) is 24.8 Å². The highest BCUT2D eigenvalue weighted by atomic mass is 35.5. The molecular formula is C10H16Cl2N2. The maximum atomic E-state index is 5.71. The highest BCUT2D eigenvalue weighted by Gasteiger charge is 2.20. The van der Waals surface area contributed by atoms with Crippen molar-refractivity contribution in [2.24, 2.45) is 0 Å². The summed E-state index contributed by atoms with van der Waals surface area (Å²) in [5.74, 6) is 0. The topological polar surface area (TPSA) is 38.0 Å². The lowest BCUT2D eigenvalue weighted by Gasteiger charge is -2.06. The maximum absolute atomic E-state index is 5.71. The van der Waals surface area contributed by atoms with E-state index in [0.717, 1.165) is 11.3 Å². The van der Waals surface area contributed by atoms with Gasteiger partial charge < -0.3 is 11.1 Å². The second-order valence-corrected chi connectivity index (χ2v) is 3.49. The largest absolute Gasteiger partial charge is 0.399 e. The summed E-state index contributed by atoms with van der Waals surface area (Å²) >= 11 is 0. The van der Waals surface area contributed by atoms with Crippen LogP contribution in [0.15, 0.2) is 18.2 Å². The summed E-state index contributed by atoms with van der Waals surface area (Å²) < 4.78 is 0. The van der Waals surface area contributed by atoms with Crippen molar-refractivity contribution in [3.8, 4) is 0 Å². The molecule has 0 spiro atoms. The van der Waals surface area contributed by atoms with Crippen LogP contribution in [0.5, 0.6) is 0 Å². The zero-order valence-electron chi connectivity index (χ0n) is 8.12. The van der Waals surface area contributed by atoms with Crippen molar-refractivity contribution in [3.63, 3.8) is 0 Å². The van der Waals surface area contributed by atoms with Gasteiger partial charge in [0.15, 0.2) is 0 Å². The van der Waals surface area contributed by atoms with Gasteiger partial charge in [-0.15, -0.1) is 24.8 Å². The van der Waals surface area contributed by atoms with Crippen LogP contribution in [0.2, 0.25) is 0 Å². The quantitative estimate of drug-likeness (QED) is 0.773. The average Bonchev–Trinajstić information content (AvgIpc) is 2.81. The van der Waals surface area contributed by atoms with Crippen molar-refractivity contribution in [1.82, 2.24) is 0 Å². The average molecular weight is 235 g/mol. The second-order valence-electron chi connectivity index (χ2n) is 3.49. The smallest absolute Gasteiger partial charge is 0.0346 e. The van der Waals surface area contributed by atoms with Crippen LogP contribution in [0.4, 0.5) is 11.4 Å². The lowest BCUT2D eigenvalue weighted by atomic mass is 10.2. The van der Waals surface area contributed by atoms with E-state index in [4.69, 9.17) is 5.73 Å². The van der Waals surface area contributed by atoms with Crippen LogP contribution in [0.3, 0.4) is 0 Å². The number of nitrogens with one attached hydrogen (secondary N) is 1. The fraction of sp³-hybridized carbons (Fsp3) is 0.400. The summed E-state index contributed by atoms with van der Waals surface area (Å²) in [6.07, 6.45) is 2.62. The monoisotopic (exact) mass is 234 g/mol. The minimum absolute atomic E-state index is 0. The van der Waals surface area contributed by atoms with Gasteiger partial charge in [-0.25, -0.2) is 0 Å². The molecule has 2 rings (SSSR count). The Labute approximate surface area is 97.1 Å². The normalized spacial score (nSPS) is 13.8. The molecule has 1 aliphatic rings. The molecule has 80 valence electrons. The van der Waals surface area contributed by atoms with Gasteiger partial charge in [-0.05, 0) is 43.5 Å². The molecule has 0 aliphatic heterocycles. The minimum Gasteiger partial charge on any atom is -0.399 e. The third kappa shape index (κ3) is 3.28. The van der Waals surface area contributed by atoms with E-state index >= 15 is 0 Å². The molecule has 0 aromatic heterocycles. The van der Waals surface area contributed by atoms with Crippen LogP contribution in [0.25, 0.3) is 0 Å². The Morgan fingerprint density at radius 3 is 2.43 bits per heavy atom. The Bertz CT molecular complexity index is 298. The Balaban J connectivity index is 0.000000845. The minimum atomic E-state index is 0. The van der Waals surface area contributed by atoms with Gasteiger partial charge in [0.05, 0.1) is 0 Å². The molecule has 14 heavy (non-hydrogen) atoms. The van der Waals surface area contributed by atoms with Gasteiger partial charge in [0.2, 0.25) is 0 Å². The number of nitrogens with two attached hydrogens (primary N) is 1. The van der Waals surface area contributed by atoms with Crippen LogP contribution in [0, 0.1) is 6.92 Å². The molecule has 0 atom stereocenters. The molecular weight excluding hydrogens is 219 g/mol. The highest BCUT2D eigenvalue weighted by Crippen LogP contribution is 2.26. The van der Waals surface area contributed by atoms with E-state index in [2.05, 4.69) is 11.4 Å². The molecule has 0 bridgehead atoms. The van der Waals surface area contributed by atoms with E-state index in [1.54, 1.807) is 0 Å². The number of aryl methyl sites for hydroxylation is 1. The molecule has 3 N–H and O–H groups in total. The number of rotatable bonds is 2. The lowest BCUT2D eigenvalue weighted by Crippen LogP contribution is -2.01. The number of hydrogen-bond donors (Lipinski definition) is 2. The number of hydrogen-bond acceptors (Lipinski definition) is 2. The number of benzene rings is 1. The summed E-state index contributed by atoms with van der Waals surface area (Å²) in [5.41, 5.74) is 8.93. The first kappa shape index (κ1) is 13.4. The van der Waals surface area contributed by atoms with Crippen LogP contribution in [-0.2, 0) is 0 Å². The SMILES string of the molecule is Cc1cc(NC2CC2)ccc1N.Cl.Cl. The Morgan fingerprint density at radius 1 is 1.29 bits per heavy atom. The van der Waals surface area contributed by atoms with Gasteiger partial charge in [-0.2, -0.15) is 0 Å². The molecule has 1 fully saturated rings. The van der Waals surface area contributed by atoms with Gasteiger partial charge >= 0.3 is 0 Å². The number of anilines is 2. The fourth-order valence-electron chi connectivity index (χ4n) is 1.23. The predicted octanol–water partition coefficient (Wildman–Crippen LogP) is 3.00. The van der Waals surface area contributed by atoms with Crippen molar-refractivity contribution in [1.29, 1.82) is 0 Å². The molecule has 1 aromatic carbocycles. The van der Waals surface area contributed by atoms with Crippen molar-refractivity contribution in [3.05, 3.63) is 23.8 Å². The molecule has 0 radical (unpaired) electrons. The first-order valence-electron chi connectivity index (χ1n) is 4.38.